The highest BCUT2D eigenvalue weighted by atomic mass is 127. The minimum Gasteiger partial charge on any atom is -0.463 e. The molecule has 3 rings (SSSR count). The van der Waals surface area contributed by atoms with Crippen LogP contribution in [-0.2, 0) is 23.8 Å². The van der Waals surface area contributed by atoms with Gasteiger partial charge in [0.1, 0.15) is 40.6 Å². The van der Waals surface area contributed by atoms with Gasteiger partial charge in [-0.2, -0.15) is 0 Å². The molecule has 0 aromatic carbocycles. The number of hydrogen-bond donors (Lipinski definition) is 0. The number of hydrogen-bond acceptors (Lipinski definition) is 8. The van der Waals surface area contributed by atoms with Gasteiger partial charge in [-0.15, -0.1) is 0 Å². The van der Waals surface area contributed by atoms with Gasteiger partial charge in [0.15, 0.2) is 5.65 Å². The minimum absolute atomic E-state index is 0.0168. The van der Waals surface area contributed by atoms with Crippen LogP contribution in [0.4, 0.5) is 0 Å². The fourth-order valence-electron chi connectivity index (χ4n) is 2.59. The van der Waals surface area contributed by atoms with E-state index < -0.39 is 30.4 Å². The van der Waals surface area contributed by atoms with Crippen LogP contribution >= 0.6 is 22.6 Å². The Morgan fingerprint density at radius 1 is 1.33 bits per heavy atom. The molecule has 0 amide bonds. The number of fused-ring (bicyclic) bond motifs is 1. The second-order valence-corrected chi connectivity index (χ2v) is 6.33. The highest BCUT2D eigenvalue weighted by Gasteiger charge is 2.39. The third kappa shape index (κ3) is 3.48. The lowest BCUT2D eigenvalue weighted by Crippen LogP contribution is -2.31. The summed E-state index contributed by atoms with van der Waals surface area (Å²) in [6.45, 7) is 2.66. The number of carbonyl (C=O) groups is 2. The Labute approximate surface area is 150 Å². The number of ether oxygens (including phenoxy) is 3. The van der Waals surface area contributed by atoms with Crippen LogP contribution in [0.3, 0.4) is 0 Å². The number of nitrogens with zero attached hydrogens (tertiary/aromatic N) is 4. The molecule has 1 saturated heterocycles. The molecule has 24 heavy (non-hydrogen) atoms. The van der Waals surface area contributed by atoms with Crippen LogP contribution in [0, 0.1) is 3.70 Å². The van der Waals surface area contributed by atoms with E-state index in [-0.39, 0.29) is 6.61 Å². The topological polar surface area (TPSA) is 105 Å². The van der Waals surface area contributed by atoms with Crippen molar-refractivity contribution in [2.45, 2.75) is 38.7 Å². The molecule has 0 bridgehead atoms. The maximum absolute atomic E-state index is 11.3. The predicted octanol–water partition coefficient (Wildman–Crippen LogP) is 1.21. The standard InChI is InChI=1S/C14H15IN4O5/c1-7(20)22-4-10-9(23-8(2)21)3-11(24-10)19-6-18-12-13(15)16-5-17-14(12)19/h5-6,9-11H,3-4H2,1-2H3/t9-,10+,11+/m0/s1. The summed E-state index contributed by atoms with van der Waals surface area (Å²) in [4.78, 5) is 35.0. The molecule has 0 spiro atoms. The maximum atomic E-state index is 11.3. The van der Waals surface area contributed by atoms with E-state index in [1.807, 2.05) is 0 Å². The van der Waals surface area contributed by atoms with Gasteiger partial charge in [0, 0.05) is 20.3 Å². The first-order chi connectivity index (χ1) is 11.5. The first-order valence-electron chi connectivity index (χ1n) is 7.24. The summed E-state index contributed by atoms with van der Waals surface area (Å²) < 4.78 is 18.7. The first-order valence-corrected chi connectivity index (χ1v) is 8.32. The summed E-state index contributed by atoms with van der Waals surface area (Å²) >= 11 is 2.08. The lowest BCUT2D eigenvalue weighted by Gasteiger charge is -2.17. The number of esters is 2. The van der Waals surface area contributed by atoms with Gasteiger partial charge in [-0.3, -0.25) is 14.2 Å². The quantitative estimate of drug-likeness (QED) is 0.392. The molecule has 9 nitrogen and oxygen atoms in total. The third-order valence-corrected chi connectivity index (χ3v) is 4.36. The average Bonchev–Trinajstić information content (AvgIpc) is 3.09. The van der Waals surface area contributed by atoms with Crippen LogP contribution in [-0.4, -0.2) is 50.3 Å². The molecule has 0 unspecified atom stereocenters. The minimum atomic E-state index is -0.541. The van der Waals surface area contributed by atoms with Gasteiger partial charge in [0.2, 0.25) is 0 Å². The molecule has 10 heteroatoms. The predicted molar refractivity (Wildman–Crippen MR) is 88.8 cm³/mol. The van der Waals surface area contributed by atoms with Gasteiger partial charge in [-0.05, 0) is 22.6 Å². The fraction of sp³-hybridized carbons (Fsp3) is 0.500. The molecule has 1 aliphatic heterocycles. The van der Waals surface area contributed by atoms with Crippen molar-refractivity contribution < 1.29 is 23.8 Å². The van der Waals surface area contributed by atoms with E-state index in [1.165, 1.54) is 20.2 Å². The number of rotatable bonds is 4. The summed E-state index contributed by atoms with van der Waals surface area (Å²) in [5.41, 5.74) is 1.31. The van der Waals surface area contributed by atoms with Crippen molar-refractivity contribution in [3.05, 3.63) is 16.4 Å². The van der Waals surface area contributed by atoms with Crippen LogP contribution in [0.1, 0.15) is 26.5 Å². The molecular weight excluding hydrogens is 431 g/mol. The van der Waals surface area contributed by atoms with Crippen molar-refractivity contribution in [2.24, 2.45) is 0 Å². The molecule has 1 fully saturated rings. The van der Waals surface area contributed by atoms with E-state index >= 15 is 0 Å². The van der Waals surface area contributed by atoms with Gasteiger partial charge in [-0.1, -0.05) is 0 Å². The second kappa shape index (κ2) is 6.97. The van der Waals surface area contributed by atoms with E-state index in [0.29, 0.717) is 17.6 Å². The van der Waals surface area contributed by atoms with Crippen LogP contribution in [0.25, 0.3) is 11.2 Å². The van der Waals surface area contributed by atoms with E-state index in [1.54, 1.807) is 10.9 Å². The Hall–Kier alpha value is -1.82. The van der Waals surface area contributed by atoms with Gasteiger partial charge >= 0.3 is 11.9 Å². The lowest BCUT2D eigenvalue weighted by atomic mass is 10.2. The van der Waals surface area contributed by atoms with Crippen molar-refractivity contribution in [3.63, 3.8) is 0 Å². The van der Waals surface area contributed by atoms with Crippen LogP contribution in [0.5, 0.6) is 0 Å². The van der Waals surface area contributed by atoms with E-state index in [2.05, 4.69) is 37.5 Å². The molecule has 0 N–H and O–H groups in total. The Kier molecular flexibility index (Phi) is 4.94. The molecule has 2 aromatic heterocycles. The van der Waals surface area contributed by atoms with Crippen molar-refractivity contribution in [3.8, 4) is 0 Å². The monoisotopic (exact) mass is 446 g/mol. The summed E-state index contributed by atoms with van der Waals surface area (Å²) in [6, 6.07) is 0. The van der Waals surface area contributed by atoms with Gasteiger partial charge in [0.25, 0.3) is 0 Å². The van der Waals surface area contributed by atoms with E-state index in [4.69, 9.17) is 14.2 Å². The third-order valence-electron chi connectivity index (χ3n) is 3.57. The molecule has 2 aromatic rings. The molecule has 128 valence electrons. The molecule has 0 saturated carbocycles. The molecule has 0 radical (unpaired) electrons. The van der Waals surface area contributed by atoms with Crippen molar-refractivity contribution in [1.82, 2.24) is 19.5 Å². The Morgan fingerprint density at radius 3 is 2.83 bits per heavy atom. The smallest absolute Gasteiger partial charge is 0.303 e. The van der Waals surface area contributed by atoms with Crippen LogP contribution in [0.2, 0.25) is 0 Å². The zero-order chi connectivity index (χ0) is 17.3. The second-order valence-electron chi connectivity index (χ2n) is 5.30. The van der Waals surface area contributed by atoms with Gasteiger partial charge in [-0.25, -0.2) is 15.0 Å². The summed E-state index contributed by atoms with van der Waals surface area (Å²) in [6.07, 6.45) is 2.01. The van der Waals surface area contributed by atoms with Gasteiger partial charge < -0.3 is 14.2 Å². The van der Waals surface area contributed by atoms with Crippen molar-refractivity contribution in [2.75, 3.05) is 6.61 Å². The average molecular weight is 446 g/mol. The molecular formula is C14H15IN4O5. The van der Waals surface area contributed by atoms with E-state index in [9.17, 15) is 9.59 Å². The maximum Gasteiger partial charge on any atom is 0.303 e. The highest BCUT2D eigenvalue weighted by Crippen LogP contribution is 2.33. The largest absolute Gasteiger partial charge is 0.463 e. The summed E-state index contributed by atoms with van der Waals surface area (Å²) in [7, 11) is 0. The lowest BCUT2D eigenvalue weighted by molar-refractivity contribution is -0.155. The highest BCUT2D eigenvalue weighted by molar-refractivity contribution is 14.1. The number of halogens is 1. The van der Waals surface area contributed by atoms with Crippen molar-refractivity contribution >= 4 is 45.7 Å². The fourth-order valence-corrected chi connectivity index (χ4v) is 3.10. The number of imidazole rings is 1. The number of carbonyl (C=O) groups excluding carboxylic acids is 2. The normalized spacial score (nSPS) is 23.4. The molecule has 3 heterocycles. The Morgan fingerprint density at radius 2 is 2.12 bits per heavy atom. The van der Waals surface area contributed by atoms with E-state index in [0.717, 1.165) is 3.70 Å². The zero-order valence-electron chi connectivity index (χ0n) is 13.0. The zero-order valence-corrected chi connectivity index (χ0v) is 15.2. The number of aromatic nitrogens is 4. The summed E-state index contributed by atoms with van der Waals surface area (Å²) in [5.74, 6) is -0.830. The van der Waals surface area contributed by atoms with Crippen LogP contribution in [0.15, 0.2) is 12.7 Å². The Bertz CT molecular complexity index is 780. The summed E-state index contributed by atoms with van der Waals surface area (Å²) in [5, 5.41) is 0. The van der Waals surface area contributed by atoms with Crippen LogP contribution < -0.4 is 0 Å². The molecule has 3 atom stereocenters. The first kappa shape index (κ1) is 17.0. The van der Waals surface area contributed by atoms with Gasteiger partial charge in [0.05, 0.1) is 6.33 Å². The SMILES string of the molecule is CC(=O)OC[C@H]1O[C@@H](n2cnc3c(I)ncnc32)C[C@@H]1OC(C)=O. The molecule has 0 aliphatic carbocycles. The molecule has 1 aliphatic rings. The Balaban J connectivity index is 1.84. The van der Waals surface area contributed by atoms with Crippen molar-refractivity contribution in [1.29, 1.82) is 0 Å².